The van der Waals surface area contributed by atoms with Crippen LogP contribution in [0.4, 0.5) is 19.0 Å². The van der Waals surface area contributed by atoms with Gasteiger partial charge in [-0.25, -0.2) is 18.4 Å². The number of halogens is 3. The maximum Gasteiger partial charge on any atom is 0.573 e. The van der Waals surface area contributed by atoms with E-state index in [2.05, 4.69) is 14.7 Å². The second-order valence-electron chi connectivity index (χ2n) is 7.38. The molecule has 0 unspecified atom stereocenters. The maximum atomic E-state index is 13.0. The van der Waals surface area contributed by atoms with Crippen LogP contribution in [0.15, 0.2) is 64.2 Å². The van der Waals surface area contributed by atoms with Crippen molar-refractivity contribution in [3.63, 3.8) is 0 Å². The number of piperazine rings is 1. The van der Waals surface area contributed by atoms with Crippen LogP contribution < -0.4 is 9.64 Å². The molecule has 1 fully saturated rings. The van der Waals surface area contributed by atoms with Crippen molar-refractivity contribution in [2.24, 2.45) is 0 Å². The molecule has 0 aliphatic carbocycles. The van der Waals surface area contributed by atoms with Gasteiger partial charge in [0, 0.05) is 31.6 Å². The van der Waals surface area contributed by atoms with Crippen molar-refractivity contribution < 1.29 is 30.7 Å². The molecular formula is C21H17F3N4O4S. The van der Waals surface area contributed by atoms with Crippen molar-refractivity contribution >= 4 is 37.9 Å². The number of hydrogen-bond acceptors (Lipinski definition) is 7. The summed E-state index contributed by atoms with van der Waals surface area (Å²) in [7, 11) is -3.88. The SMILES string of the molecule is O=S(=O)(c1ccc(OC(F)(F)F)cc1)N1CCN(c2ncnc3c2oc2ccccc23)CC1. The van der Waals surface area contributed by atoms with E-state index in [9.17, 15) is 21.6 Å². The number of rotatable bonds is 4. The second-order valence-corrected chi connectivity index (χ2v) is 9.32. The van der Waals surface area contributed by atoms with Crippen molar-refractivity contribution in [2.45, 2.75) is 11.3 Å². The van der Waals surface area contributed by atoms with Crippen LogP contribution in [-0.2, 0) is 10.0 Å². The van der Waals surface area contributed by atoms with E-state index in [4.69, 9.17) is 4.42 Å². The first-order valence-corrected chi connectivity index (χ1v) is 11.4. The lowest BCUT2D eigenvalue weighted by Gasteiger charge is -2.34. The number of nitrogens with zero attached hydrogens (tertiary/aromatic N) is 4. The van der Waals surface area contributed by atoms with Crippen LogP contribution in [0.2, 0.25) is 0 Å². The van der Waals surface area contributed by atoms with E-state index in [0.29, 0.717) is 35.6 Å². The summed E-state index contributed by atoms with van der Waals surface area (Å²) in [6.07, 6.45) is -3.39. The average molecular weight is 478 g/mol. The van der Waals surface area contributed by atoms with Gasteiger partial charge in [0.15, 0.2) is 11.4 Å². The molecule has 0 saturated carbocycles. The van der Waals surface area contributed by atoms with Crippen molar-refractivity contribution in [3.05, 3.63) is 54.9 Å². The zero-order chi connectivity index (χ0) is 23.2. The molecule has 2 aromatic heterocycles. The lowest BCUT2D eigenvalue weighted by Crippen LogP contribution is -2.49. The normalized spacial score (nSPS) is 15.9. The van der Waals surface area contributed by atoms with Gasteiger partial charge < -0.3 is 14.1 Å². The minimum absolute atomic E-state index is 0.104. The molecule has 3 heterocycles. The van der Waals surface area contributed by atoms with E-state index in [1.165, 1.54) is 10.6 Å². The second kappa shape index (κ2) is 7.89. The Morgan fingerprint density at radius 1 is 0.939 bits per heavy atom. The number of ether oxygens (including phenoxy) is 1. The van der Waals surface area contributed by atoms with E-state index in [1.54, 1.807) is 0 Å². The van der Waals surface area contributed by atoms with Gasteiger partial charge in [0.1, 0.15) is 23.2 Å². The molecule has 172 valence electrons. The predicted molar refractivity (Wildman–Crippen MR) is 113 cm³/mol. The molecule has 4 aromatic rings. The molecule has 1 saturated heterocycles. The quantitative estimate of drug-likeness (QED) is 0.441. The van der Waals surface area contributed by atoms with Crippen LogP contribution >= 0.6 is 0 Å². The molecule has 1 aliphatic rings. The van der Waals surface area contributed by atoms with E-state index < -0.39 is 22.1 Å². The number of benzene rings is 2. The van der Waals surface area contributed by atoms with Crippen molar-refractivity contribution in [3.8, 4) is 5.75 Å². The highest BCUT2D eigenvalue weighted by molar-refractivity contribution is 7.89. The first kappa shape index (κ1) is 21.5. The number of hydrogen-bond donors (Lipinski definition) is 0. The van der Waals surface area contributed by atoms with Crippen molar-refractivity contribution in [1.82, 2.24) is 14.3 Å². The molecule has 12 heteroatoms. The van der Waals surface area contributed by atoms with Crippen LogP contribution in [0.25, 0.3) is 22.1 Å². The summed E-state index contributed by atoms with van der Waals surface area (Å²) in [6, 6.07) is 11.7. The zero-order valence-electron chi connectivity index (χ0n) is 17.0. The summed E-state index contributed by atoms with van der Waals surface area (Å²) in [4.78, 5) is 10.5. The Bertz CT molecular complexity index is 1410. The van der Waals surface area contributed by atoms with E-state index in [-0.39, 0.29) is 18.0 Å². The highest BCUT2D eigenvalue weighted by Gasteiger charge is 2.32. The third-order valence-electron chi connectivity index (χ3n) is 5.37. The lowest BCUT2D eigenvalue weighted by atomic mass is 10.2. The molecule has 0 bridgehead atoms. The van der Waals surface area contributed by atoms with Gasteiger partial charge in [-0.2, -0.15) is 4.31 Å². The molecule has 0 N–H and O–H groups in total. The average Bonchev–Trinajstić information content (AvgIpc) is 3.17. The van der Waals surface area contributed by atoms with E-state index in [1.807, 2.05) is 29.2 Å². The summed E-state index contributed by atoms with van der Waals surface area (Å²) in [5.74, 6) is 0.104. The van der Waals surface area contributed by atoms with Crippen LogP contribution in [0.5, 0.6) is 5.75 Å². The fraction of sp³-hybridized carbons (Fsp3) is 0.238. The largest absolute Gasteiger partial charge is 0.573 e. The van der Waals surface area contributed by atoms with E-state index >= 15 is 0 Å². The molecule has 0 spiro atoms. The third-order valence-corrected chi connectivity index (χ3v) is 7.29. The zero-order valence-corrected chi connectivity index (χ0v) is 17.8. The van der Waals surface area contributed by atoms with Crippen LogP contribution in [-0.4, -0.2) is 55.2 Å². The maximum absolute atomic E-state index is 13.0. The smallest absolute Gasteiger partial charge is 0.450 e. The number of fused-ring (bicyclic) bond motifs is 3. The molecule has 0 atom stereocenters. The van der Waals surface area contributed by atoms with Gasteiger partial charge in [0.05, 0.1) is 4.90 Å². The number of aromatic nitrogens is 2. The fourth-order valence-corrected chi connectivity index (χ4v) is 5.26. The van der Waals surface area contributed by atoms with Gasteiger partial charge in [-0.3, -0.25) is 0 Å². The standard InChI is InChI=1S/C21H17F3N4O4S/c22-21(23,24)32-14-5-7-15(8-6-14)33(29,30)28-11-9-27(10-12-28)20-19-18(25-13-26-20)16-3-1-2-4-17(16)31-19/h1-8,13H,9-12H2. The Balaban J connectivity index is 1.34. The third kappa shape index (κ3) is 4.07. The molecule has 0 amide bonds. The Kier molecular flexibility index (Phi) is 5.13. The van der Waals surface area contributed by atoms with Gasteiger partial charge in [-0.15, -0.1) is 13.2 Å². The lowest BCUT2D eigenvalue weighted by molar-refractivity contribution is -0.274. The molecule has 33 heavy (non-hydrogen) atoms. The van der Waals surface area contributed by atoms with Gasteiger partial charge >= 0.3 is 6.36 Å². The number of alkyl halides is 3. The van der Waals surface area contributed by atoms with Crippen LogP contribution in [0.3, 0.4) is 0 Å². The predicted octanol–water partition coefficient (Wildman–Crippen LogP) is 3.79. The van der Waals surface area contributed by atoms with Crippen molar-refractivity contribution in [1.29, 1.82) is 0 Å². The first-order chi connectivity index (χ1) is 15.7. The van der Waals surface area contributed by atoms with Gasteiger partial charge in [0.25, 0.3) is 0 Å². The van der Waals surface area contributed by atoms with Gasteiger partial charge in [-0.05, 0) is 36.4 Å². The Morgan fingerprint density at radius 2 is 1.64 bits per heavy atom. The number of para-hydroxylation sites is 1. The number of anilines is 1. The molecule has 1 aliphatic heterocycles. The Hall–Kier alpha value is -3.38. The summed E-state index contributed by atoms with van der Waals surface area (Å²) >= 11 is 0. The minimum atomic E-state index is -4.84. The summed E-state index contributed by atoms with van der Waals surface area (Å²) in [5.41, 5.74) is 1.91. The number of furan rings is 1. The molecular weight excluding hydrogens is 461 g/mol. The summed E-state index contributed by atoms with van der Waals surface area (Å²) < 4.78 is 74.0. The number of sulfonamides is 1. The van der Waals surface area contributed by atoms with Crippen LogP contribution in [0, 0.1) is 0 Å². The monoisotopic (exact) mass is 478 g/mol. The van der Waals surface area contributed by atoms with Crippen LogP contribution in [0.1, 0.15) is 0 Å². The summed E-state index contributed by atoms with van der Waals surface area (Å²) in [5, 5.41) is 0.871. The minimum Gasteiger partial charge on any atom is -0.450 e. The fourth-order valence-electron chi connectivity index (χ4n) is 3.84. The topological polar surface area (TPSA) is 88.8 Å². The molecule has 5 rings (SSSR count). The van der Waals surface area contributed by atoms with Gasteiger partial charge in [0.2, 0.25) is 10.0 Å². The Morgan fingerprint density at radius 3 is 2.33 bits per heavy atom. The molecule has 2 aromatic carbocycles. The first-order valence-electron chi connectivity index (χ1n) is 9.95. The van der Waals surface area contributed by atoms with Crippen molar-refractivity contribution in [2.75, 3.05) is 31.1 Å². The molecule has 8 nitrogen and oxygen atoms in total. The van der Waals surface area contributed by atoms with E-state index in [0.717, 1.165) is 29.7 Å². The van der Waals surface area contributed by atoms with Gasteiger partial charge in [-0.1, -0.05) is 12.1 Å². The summed E-state index contributed by atoms with van der Waals surface area (Å²) in [6.45, 7) is 1.07. The highest BCUT2D eigenvalue weighted by Crippen LogP contribution is 2.33. The Labute approximate surface area is 186 Å². The molecule has 0 radical (unpaired) electrons. The highest BCUT2D eigenvalue weighted by atomic mass is 32.2.